The first-order valence-electron chi connectivity index (χ1n) is 6.97. The molecule has 134 valence electrons. The molecule has 0 fully saturated rings. The van der Waals surface area contributed by atoms with Crippen molar-refractivity contribution in [2.24, 2.45) is 0 Å². The van der Waals surface area contributed by atoms with Crippen molar-refractivity contribution in [1.29, 1.82) is 0 Å². The van der Waals surface area contributed by atoms with Gasteiger partial charge in [-0.15, -0.1) is 0 Å². The largest absolute Gasteiger partial charge is 0.480 e. The Morgan fingerprint density at radius 2 is 1.88 bits per heavy atom. The van der Waals surface area contributed by atoms with Crippen molar-refractivity contribution < 1.29 is 27.9 Å². The van der Waals surface area contributed by atoms with Crippen LogP contribution in [0.3, 0.4) is 0 Å². The summed E-state index contributed by atoms with van der Waals surface area (Å²) in [4.78, 5) is 23.0. The van der Waals surface area contributed by atoms with Gasteiger partial charge < -0.3 is 15.2 Å². The zero-order valence-corrected chi connectivity index (χ0v) is 14.7. The van der Waals surface area contributed by atoms with Crippen LogP contribution in [0.1, 0.15) is 13.3 Å². The van der Waals surface area contributed by atoms with Crippen molar-refractivity contribution >= 4 is 33.5 Å². The molecule has 0 saturated carbocycles. The third-order valence-electron chi connectivity index (χ3n) is 3.07. The molecule has 0 aliphatic rings. The van der Waals surface area contributed by atoms with E-state index in [9.17, 15) is 18.0 Å². The summed E-state index contributed by atoms with van der Waals surface area (Å²) in [6, 6.07) is 3.09. The molecule has 0 aliphatic heterocycles. The number of methoxy groups -OCH3 is 1. The predicted octanol–water partition coefficient (Wildman–Crippen LogP) is 0.613. The fourth-order valence-corrected chi connectivity index (χ4v) is 3.09. The number of ether oxygens (including phenoxy) is 1. The van der Waals surface area contributed by atoms with Crippen LogP contribution < -0.4 is 10.0 Å². The van der Waals surface area contributed by atoms with Crippen LogP contribution in [-0.2, 0) is 24.3 Å². The van der Waals surface area contributed by atoms with E-state index in [1.807, 2.05) is 0 Å². The van der Waals surface area contributed by atoms with Gasteiger partial charge in [-0.1, -0.05) is 11.6 Å². The number of carbonyl (C=O) groups excluding carboxylic acids is 1. The highest BCUT2D eigenvalue weighted by atomic mass is 35.5. The van der Waals surface area contributed by atoms with Gasteiger partial charge in [0.1, 0.15) is 6.04 Å². The Bertz CT molecular complexity index is 677. The van der Waals surface area contributed by atoms with Crippen molar-refractivity contribution in [3.8, 4) is 0 Å². The smallest absolute Gasteiger partial charge is 0.326 e. The minimum atomic E-state index is -3.94. The summed E-state index contributed by atoms with van der Waals surface area (Å²) in [6.45, 7) is 1.46. The monoisotopic (exact) mass is 378 g/mol. The maximum absolute atomic E-state index is 12.2. The lowest BCUT2D eigenvalue weighted by atomic mass is 10.2. The van der Waals surface area contributed by atoms with Crippen LogP contribution in [0.2, 0.25) is 5.02 Å². The summed E-state index contributed by atoms with van der Waals surface area (Å²) in [5.74, 6) is -1.98. The van der Waals surface area contributed by atoms with E-state index in [1.165, 1.54) is 38.3 Å². The number of nitrogens with one attached hydrogen (secondary N) is 2. The van der Waals surface area contributed by atoms with E-state index >= 15 is 0 Å². The van der Waals surface area contributed by atoms with Crippen LogP contribution >= 0.6 is 11.6 Å². The van der Waals surface area contributed by atoms with E-state index in [0.29, 0.717) is 5.02 Å². The SMILES string of the molecule is COCCC(NC(=O)C(C)NS(=O)(=O)c1ccc(Cl)cc1)C(=O)O. The highest BCUT2D eigenvalue weighted by Gasteiger charge is 2.26. The Morgan fingerprint density at radius 1 is 1.29 bits per heavy atom. The average Bonchev–Trinajstić information content (AvgIpc) is 2.50. The Hall–Kier alpha value is -1.68. The molecule has 24 heavy (non-hydrogen) atoms. The summed E-state index contributed by atoms with van der Waals surface area (Å²) in [7, 11) is -2.53. The maximum Gasteiger partial charge on any atom is 0.326 e. The lowest BCUT2D eigenvalue weighted by Crippen LogP contribution is -2.50. The van der Waals surface area contributed by atoms with Crippen molar-refractivity contribution in [3.05, 3.63) is 29.3 Å². The average molecular weight is 379 g/mol. The first-order valence-corrected chi connectivity index (χ1v) is 8.83. The molecule has 2 unspecified atom stereocenters. The highest BCUT2D eigenvalue weighted by molar-refractivity contribution is 7.89. The summed E-state index contributed by atoms with van der Waals surface area (Å²) < 4.78 is 31.3. The zero-order valence-electron chi connectivity index (χ0n) is 13.2. The quantitative estimate of drug-likeness (QED) is 0.578. The Kier molecular flexibility index (Phi) is 7.61. The minimum Gasteiger partial charge on any atom is -0.480 e. The molecule has 1 rings (SSSR count). The van der Waals surface area contributed by atoms with Gasteiger partial charge in [0.2, 0.25) is 15.9 Å². The molecule has 0 radical (unpaired) electrons. The van der Waals surface area contributed by atoms with Crippen molar-refractivity contribution in [2.45, 2.75) is 30.3 Å². The molecule has 10 heteroatoms. The second kappa shape index (κ2) is 8.97. The number of amides is 1. The van der Waals surface area contributed by atoms with Crippen molar-refractivity contribution in [1.82, 2.24) is 10.0 Å². The predicted molar refractivity (Wildman–Crippen MR) is 87.3 cm³/mol. The molecular formula is C14H19ClN2O6S. The van der Waals surface area contributed by atoms with Crippen molar-refractivity contribution in [2.75, 3.05) is 13.7 Å². The van der Waals surface area contributed by atoms with Crippen LogP contribution in [0.5, 0.6) is 0 Å². The number of carbonyl (C=O) groups is 2. The molecule has 2 atom stereocenters. The number of benzene rings is 1. The molecule has 0 bridgehead atoms. The number of aliphatic carboxylic acids is 1. The third-order valence-corrected chi connectivity index (χ3v) is 4.88. The van der Waals surface area contributed by atoms with Gasteiger partial charge in [0.25, 0.3) is 0 Å². The Labute approximate surface area is 145 Å². The number of hydrogen-bond acceptors (Lipinski definition) is 5. The van der Waals surface area contributed by atoms with E-state index in [2.05, 4.69) is 10.0 Å². The Balaban J connectivity index is 2.74. The third kappa shape index (κ3) is 6.08. The molecule has 1 aromatic rings. The number of sulfonamides is 1. The molecule has 0 heterocycles. The van der Waals surface area contributed by atoms with Gasteiger partial charge in [-0.2, -0.15) is 4.72 Å². The lowest BCUT2D eigenvalue weighted by Gasteiger charge is -2.18. The fraction of sp³-hybridized carbons (Fsp3) is 0.429. The van der Waals surface area contributed by atoms with Gasteiger partial charge in [-0.3, -0.25) is 4.79 Å². The number of rotatable bonds is 9. The molecule has 1 amide bonds. The first-order chi connectivity index (χ1) is 11.2. The molecule has 0 spiro atoms. The summed E-state index contributed by atoms with van der Waals surface area (Å²) in [5.41, 5.74) is 0. The summed E-state index contributed by atoms with van der Waals surface area (Å²) >= 11 is 5.70. The lowest BCUT2D eigenvalue weighted by molar-refractivity contribution is -0.142. The second-order valence-electron chi connectivity index (χ2n) is 4.98. The molecule has 1 aromatic carbocycles. The maximum atomic E-state index is 12.2. The molecule has 8 nitrogen and oxygen atoms in total. The van der Waals surface area contributed by atoms with Crippen LogP contribution in [0.15, 0.2) is 29.2 Å². The van der Waals surface area contributed by atoms with Gasteiger partial charge in [0, 0.05) is 25.2 Å². The molecule has 3 N–H and O–H groups in total. The number of halogens is 1. The van der Waals surface area contributed by atoms with Gasteiger partial charge in [0.05, 0.1) is 10.9 Å². The fourth-order valence-electron chi connectivity index (χ4n) is 1.76. The molecule has 0 aliphatic carbocycles. The van der Waals surface area contributed by atoms with E-state index in [0.717, 1.165) is 0 Å². The Morgan fingerprint density at radius 3 is 2.38 bits per heavy atom. The van der Waals surface area contributed by atoms with Gasteiger partial charge >= 0.3 is 5.97 Å². The van der Waals surface area contributed by atoms with E-state index < -0.39 is 34.0 Å². The number of carboxylic acid groups (broad SMARTS) is 1. The van der Waals surface area contributed by atoms with Crippen LogP contribution in [0, 0.1) is 0 Å². The topological polar surface area (TPSA) is 122 Å². The van der Waals surface area contributed by atoms with Gasteiger partial charge in [0.15, 0.2) is 0 Å². The second-order valence-corrected chi connectivity index (χ2v) is 7.13. The molecule has 0 aromatic heterocycles. The van der Waals surface area contributed by atoms with Gasteiger partial charge in [-0.05, 0) is 31.2 Å². The van der Waals surface area contributed by atoms with Crippen molar-refractivity contribution in [3.63, 3.8) is 0 Å². The van der Waals surface area contributed by atoms with E-state index in [4.69, 9.17) is 21.4 Å². The normalized spacial score (nSPS) is 14.0. The highest BCUT2D eigenvalue weighted by Crippen LogP contribution is 2.14. The summed E-state index contributed by atoms with van der Waals surface area (Å²) in [5, 5.41) is 11.7. The van der Waals surface area contributed by atoms with Gasteiger partial charge in [-0.25, -0.2) is 13.2 Å². The van der Waals surface area contributed by atoms with Crippen LogP contribution in [-0.4, -0.2) is 51.2 Å². The van der Waals surface area contributed by atoms with E-state index in [1.54, 1.807) is 0 Å². The minimum absolute atomic E-state index is 0.0549. The van der Waals surface area contributed by atoms with Crippen LogP contribution in [0.4, 0.5) is 0 Å². The number of carboxylic acids is 1. The first kappa shape index (κ1) is 20.4. The van der Waals surface area contributed by atoms with E-state index in [-0.39, 0.29) is 17.9 Å². The van der Waals surface area contributed by atoms with Crippen LogP contribution in [0.25, 0.3) is 0 Å². The zero-order chi connectivity index (χ0) is 18.3. The standard InChI is InChI=1S/C14H19ClN2O6S/c1-9(13(18)16-12(14(19)20)7-8-23-2)17-24(21,22)11-5-3-10(15)4-6-11/h3-6,9,12,17H,7-8H2,1-2H3,(H,16,18)(H,19,20). The number of hydrogen-bond donors (Lipinski definition) is 3. The molecular weight excluding hydrogens is 360 g/mol. The molecule has 0 saturated heterocycles. The summed E-state index contributed by atoms with van der Waals surface area (Å²) in [6.07, 6.45) is 0.0637.